The summed E-state index contributed by atoms with van der Waals surface area (Å²) in [6.07, 6.45) is 19.2. The molecular weight excluding hydrogens is 953 g/mol. The molecule has 8 bridgehead atoms. The number of nitrogens with zero attached hydrogens (tertiary/aromatic N) is 2. The van der Waals surface area contributed by atoms with Crippen LogP contribution in [0.2, 0.25) is 0 Å². The number of H-pyrrole nitrogens is 1. The van der Waals surface area contributed by atoms with Crippen molar-refractivity contribution in [3.05, 3.63) is 190 Å². The molecule has 0 amide bonds. The van der Waals surface area contributed by atoms with Crippen LogP contribution in [0.1, 0.15) is 35.1 Å². The lowest BCUT2D eigenvalue weighted by atomic mass is 10.1. The van der Waals surface area contributed by atoms with Crippen molar-refractivity contribution in [2.24, 2.45) is 9.98 Å². The molecule has 4 aromatic carbocycles. The van der Waals surface area contributed by atoms with Crippen molar-refractivity contribution < 1.29 is 51.9 Å². The van der Waals surface area contributed by atoms with Crippen molar-refractivity contribution in [3.8, 4) is 0 Å². The van der Waals surface area contributed by atoms with E-state index in [1.807, 2.05) is 27.7 Å². The first-order valence-corrected chi connectivity index (χ1v) is 26.3. The predicted octanol–water partition coefficient (Wildman–Crippen LogP) is 6.47. The summed E-state index contributed by atoms with van der Waals surface area (Å²) >= 11 is 0. The second-order valence-corrected chi connectivity index (χ2v) is 21.4. The van der Waals surface area contributed by atoms with Gasteiger partial charge in [-0.05, 0) is 150 Å². The molecule has 4 aliphatic heterocycles. The van der Waals surface area contributed by atoms with Crippen molar-refractivity contribution in [2.75, 3.05) is 0 Å². The Morgan fingerprint density at radius 2 is 0.676 bits per heavy atom. The van der Waals surface area contributed by atoms with Gasteiger partial charge >= 0.3 is 0 Å². The lowest BCUT2D eigenvalue weighted by Crippen LogP contribution is -2.26. The number of hydrogen-bond donors (Lipinski definition) is 6. The molecule has 5 heterocycles. The molecule has 20 heteroatoms. The van der Waals surface area contributed by atoms with Crippen LogP contribution in [0.4, 0.5) is 0 Å². The molecule has 16 nitrogen and oxygen atoms in total. The summed E-state index contributed by atoms with van der Waals surface area (Å²) in [5.41, 5.74) is 7.87. The summed E-state index contributed by atoms with van der Waals surface area (Å²) in [5, 5.41) is 5.76. The van der Waals surface area contributed by atoms with Gasteiger partial charge in [-0.3, -0.25) is 18.2 Å². The summed E-state index contributed by atoms with van der Waals surface area (Å²) in [6.45, 7) is 7.36. The molecule has 358 valence electrons. The minimum atomic E-state index is -4.02. The minimum absolute atomic E-state index is 0.0666. The van der Waals surface area contributed by atoms with Gasteiger partial charge in [0.2, 0.25) is 0 Å². The van der Waals surface area contributed by atoms with Crippen molar-refractivity contribution >= 4 is 64.0 Å². The number of hydrogen-bond acceptors (Lipinski definition) is 11. The standard InChI is InChI=1S/C20H18N4.4C7H8O3S/c1-2-14-10-16-5-6-18(23-16)12-20-8-7-19(24-20)11-17-4-3-15(22-17)9-13(1)21-14;4*1-6-2-4-7(5-3-6)11(8,9)10/h1-6,9-12,19-21,24H,7-8H2;4*2-5H,1H3,(H,8,9,10). The van der Waals surface area contributed by atoms with E-state index in [0.717, 1.165) is 68.6 Å². The first kappa shape index (κ1) is 52.8. The van der Waals surface area contributed by atoms with Crippen LogP contribution in [0.15, 0.2) is 187 Å². The second kappa shape index (κ2) is 22.7. The van der Waals surface area contributed by atoms with Crippen molar-refractivity contribution in [2.45, 2.75) is 72.2 Å². The van der Waals surface area contributed by atoms with Gasteiger partial charge in [-0.25, -0.2) is 9.98 Å². The fourth-order valence-corrected chi connectivity index (χ4v) is 8.29. The Bertz CT molecular complexity index is 3000. The topological polar surface area (TPSA) is 270 Å². The van der Waals surface area contributed by atoms with Crippen molar-refractivity contribution in [1.29, 1.82) is 0 Å². The highest BCUT2D eigenvalue weighted by Gasteiger charge is 2.22. The maximum atomic E-state index is 10.5. The number of benzene rings is 4. The molecule has 1 saturated heterocycles. The van der Waals surface area contributed by atoms with Gasteiger partial charge in [-0.1, -0.05) is 70.8 Å². The van der Waals surface area contributed by atoms with Crippen LogP contribution >= 0.6 is 0 Å². The number of nitrogens with one attached hydrogen (secondary N) is 2. The number of fused-ring (bicyclic) bond motifs is 6. The fraction of sp³-hybridized carbons (Fsp3) is 0.167. The zero-order valence-corrected chi connectivity index (χ0v) is 40.4. The van der Waals surface area contributed by atoms with Gasteiger partial charge in [0, 0.05) is 22.8 Å². The van der Waals surface area contributed by atoms with Crippen molar-refractivity contribution in [3.63, 3.8) is 0 Å². The van der Waals surface area contributed by atoms with Crippen LogP contribution in [-0.2, 0) is 40.5 Å². The van der Waals surface area contributed by atoms with Crippen LogP contribution in [0.5, 0.6) is 0 Å². The normalized spacial score (nSPS) is 17.0. The van der Waals surface area contributed by atoms with Crippen LogP contribution in [0, 0.1) is 27.7 Å². The highest BCUT2D eigenvalue weighted by Crippen LogP contribution is 2.21. The van der Waals surface area contributed by atoms with E-state index in [1.165, 1.54) is 48.5 Å². The molecule has 2 atom stereocenters. The van der Waals surface area contributed by atoms with Gasteiger partial charge in [-0.2, -0.15) is 33.7 Å². The number of aromatic amines is 1. The largest absolute Gasteiger partial charge is 0.355 e. The number of allylic oxidation sites excluding steroid dienone is 4. The third-order valence-corrected chi connectivity index (χ3v) is 13.4. The molecule has 5 aromatic rings. The fourth-order valence-electron chi connectivity index (χ4n) is 6.37. The van der Waals surface area contributed by atoms with Crippen molar-refractivity contribution in [1.82, 2.24) is 10.3 Å². The first-order valence-electron chi connectivity index (χ1n) is 20.6. The molecule has 0 aliphatic carbocycles. The number of aliphatic imine (C=N–C) groups is 2. The Balaban J connectivity index is 0.000000169. The third kappa shape index (κ3) is 17.1. The Kier molecular flexibility index (Phi) is 17.6. The molecule has 1 aromatic heterocycles. The molecule has 2 unspecified atom stereocenters. The maximum Gasteiger partial charge on any atom is 0.294 e. The predicted molar refractivity (Wildman–Crippen MR) is 262 cm³/mol. The van der Waals surface area contributed by atoms with Gasteiger partial charge in [0.1, 0.15) is 0 Å². The summed E-state index contributed by atoms with van der Waals surface area (Å²) in [4.78, 5) is 12.5. The third-order valence-electron chi connectivity index (χ3n) is 9.94. The van der Waals surface area contributed by atoms with Crippen LogP contribution in [0.3, 0.4) is 0 Å². The Hall–Kier alpha value is -6.20. The second-order valence-electron chi connectivity index (χ2n) is 15.7. The Morgan fingerprint density at radius 1 is 0.412 bits per heavy atom. The van der Waals surface area contributed by atoms with E-state index in [0.29, 0.717) is 12.1 Å². The van der Waals surface area contributed by atoms with E-state index >= 15 is 0 Å². The molecule has 4 aliphatic rings. The SMILES string of the molecule is C1=CC2=NC1=CC1CCC(C=C3C=CC(=N3)C=c3ccc([nH]3)=C2)N1.Cc1ccc(S(=O)(=O)O)cc1.Cc1ccc(S(=O)(=O)O)cc1.Cc1ccc(S(=O)(=O)O)cc1.Cc1ccc(S(=O)(=O)O)cc1. The quantitative estimate of drug-likeness (QED) is 0.106. The van der Waals surface area contributed by atoms with E-state index in [2.05, 4.69) is 71.0 Å². The minimum Gasteiger partial charge on any atom is -0.355 e. The summed E-state index contributed by atoms with van der Waals surface area (Å²) < 4.78 is 118. The van der Waals surface area contributed by atoms with E-state index in [-0.39, 0.29) is 19.6 Å². The molecule has 0 saturated carbocycles. The Labute approximate surface area is 396 Å². The number of rotatable bonds is 4. The summed E-state index contributed by atoms with van der Waals surface area (Å²) in [6, 6.07) is 28.8. The van der Waals surface area contributed by atoms with Gasteiger partial charge < -0.3 is 10.3 Å². The lowest BCUT2D eigenvalue weighted by Gasteiger charge is -2.08. The molecule has 0 spiro atoms. The zero-order chi connectivity index (χ0) is 49.9. The smallest absolute Gasteiger partial charge is 0.294 e. The first-order chi connectivity index (χ1) is 31.8. The summed E-state index contributed by atoms with van der Waals surface area (Å²) in [5.74, 6) is 0. The molecular formula is C48H50N4O12S4. The van der Waals surface area contributed by atoms with E-state index < -0.39 is 40.5 Å². The van der Waals surface area contributed by atoms with E-state index in [9.17, 15) is 33.7 Å². The van der Waals surface area contributed by atoms with Gasteiger partial charge in [0.25, 0.3) is 40.5 Å². The molecule has 0 radical (unpaired) electrons. The van der Waals surface area contributed by atoms with E-state index in [1.54, 1.807) is 48.5 Å². The average Bonchev–Trinajstić information content (AvgIpc) is 4.09. The highest BCUT2D eigenvalue weighted by molar-refractivity contribution is 7.86. The Morgan fingerprint density at radius 3 is 0.926 bits per heavy atom. The van der Waals surface area contributed by atoms with Gasteiger partial charge in [0.15, 0.2) is 0 Å². The van der Waals surface area contributed by atoms with Crippen LogP contribution in [-0.4, -0.2) is 80.4 Å². The van der Waals surface area contributed by atoms with Crippen LogP contribution < -0.4 is 16.0 Å². The molecule has 68 heavy (non-hydrogen) atoms. The molecule has 1 fully saturated rings. The van der Waals surface area contributed by atoms with Crippen LogP contribution in [0.25, 0.3) is 12.2 Å². The monoisotopic (exact) mass is 1000 g/mol. The lowest BCUT2D eigenvalue weighted by molar-refractivity contribution is 0.481. The number of aryl methyl sites for hydroxylation is 4. The average molecular weight is 1000 g/mol. The summed E-state index contributed by atoms with van der Waals surface area (Å²) in [7, 11) is -16.1. The molecule has 6 N–H and O–H groups in total. The number of aromatic nitrogens is 1. The highest BCUT2D eigenvalue weighted by atomic mass is 32.2. The zero-order valence-electron chi connectivity index (χ0n) is 37.2. The van der Waals surface area contributed by atoms with E-state index in [4.69, 9.17) is 28.2 Å². The maximum absolute atomic E-state index is 10.5. The molecule has 9 rings (SSSR count). The van der Waals surface area contributed by atoms with Gasteiger partial charge in [0.05, 0.1) is 42.4 Å². The van der Waals surface area contributed by atoms with Gasteiger partial charge in [-0.15, -0.1) is 0 Å².